The molecule has 168 valence electrons. The summed E-state index contributed by atoms with van der Waals surface area (Å²) in [6, 6.07) is 21.8. The third kappa shape index (κ3) is 3.56. The molecule has 0 fully saturated rings. The smallest absolute Gasteiger partial charge is 0.266 e. The van der Waals surface area contributed by atoms with Gasteiger partial charge in [-0.2, -0.15) is 5.10 Å². The lowest BCUT2D eigenvalue weighted by atomic mass is 10.1. The van der Waals surface area contributed by atoms with Crippen molar-refractivity contribution in [3.8, 4) is 11.1 Å². The molecule has 5 aromatic rings. The first-order chi connectivity index (χ1) is 16.5. The molecule has 0 saturated carbocycles. The van der Waals surface area contributed by atoms with E-state index in [4.69, 9.17) is 0 Å². The molecule has 2 aromatic heterocycles. The minimum atomic E-state index is -3.90. The molecule has 0 spiro atoms. The van der Waals surface area contributed by atoms with Crippen LogP contribution in [0, 0.1) is 0 Å². The molecule has 1 aliphatic rings. The molecule has 6 rings (SSSR count). The molecule has 0 atom stereocenters. The van der Waals surface area contributed by atoms with Crippen LogP contribution in [0.5, 0.6) is 0 Å². The summed E-state index contributed by atoms with van der Waals surface area (Å²) in [5.74, 6) is 0.438. The summed E-state index contributed by atoms with van der Waals surface area (Å²) in [7, 11) is -2.24. The molecular formula is C25H20N6O2S. The Labute approximate surface area is 196 Å². The fraction of sp³-hybridized carbons (Fsp3) is 0.0800. The first-order valence-corrected chi connectivity index (χ1v) is 12.2. The molecule has 3 aromatic carbocycles. The van der Waals surface area contributed by atoms with E-state index in [1.807, 2.05) is 30.3 Å². The van der Waals surface area contributed by atoms with E-state index in [1.165, 1.54) is 39.3 Å². The Morgan fingerprint density at radius 3 is 2.32 bits per heavy atom. The number of benzene rings is 3. The van der Waals surface area contributed by atoms with Gasteiger partial charge in [-0.25, -0.2) is 18.4 Å². The molecule has 2 N–H and O–H groups in total. The van der Waals surface area contributed by atoms with Crippen LogP contribution in [0.3, 0.4) is 0 Å². The maximum absolute atomic E-state index is 13.0. The summed E-state index contributed by atoms with van der Waals surface area (Å²) in [6.07, 6.45) is 3.58. The van der Waals surface area contributed by atoms with Crippen molar-refractivity contribution < 1.29 is 8.42 Å². The molecule has 9 heteroatoms. The SMILES string of the molecule is Cn1cc(S(=O)(=O)Nc2nc3ccccc3nc2Nc2ccc3c(c2)Cc2ccccc2-3)cn1. The van der Waals surface area contributed by atoms with Crippen LogP contribution in [0.4, 0.5) is 17.3 Å². The number of anilines is 3. The molecule has 0 amide bonds. The van der Waals surface area contributed by atoms with Gasteiger partial charge in [-0.3, -0.25) is 9.40 Å². The Hall–Kier alpha value is -4.24. The van der Waals surface area contributed by atoms with E-state index in [9.17, 15) is 8.42 Å². The van der Waals surface area contributed by atoms with E-state index >= 15 is 0 Å². The normalized spacial score (nSPS) is 12.4. The lowest BCUT2D eigenvalue weighted by Gasteiger charge is -2.14. The highest BCUT2D eigenvalue weighted by Gasteiger charge is 2.22. The van der Waals surface area contributed by atoms with Gasteiger partial charge >= 0.3 is 0 Å². The molecule has 1 aliphatic carbocycles. The van der Waals surface area contributed by atoms with Gasteiger partial charge in [0.25, 0.3) is 10.0 Å². The van der Waals surface area contributed by atoms with Crippen LogP contribution < -0.4 is 10.0 Å². The highest BCUT2D eigenvalue weighted by atomic mass is 32.2. The molecule has 0 aliphatic heterocycles. The molecule has 0 radical (unpaired) electrons. The maximum Gasteiger partial charge on any atom is 0.266 e. The van der Waals surface area contributed by atoms with Crippen LogP contribution in [0.1, 0.15) is 11.1 Å². The molecule has 0 bridgehead atoms. The van der Waals surface area contributed by atoms with Crippen LogP contribution in [0.2, 0.25) is 0 Å². The Kier molecular flexibility index (Phi) is 4.59. The van der Waals surface area contributed by atoms with Gasteiger partial charge in [0.05, 0.1) is 17.2 Å². The molecule has 2 heterocycles. The van der Waals surface area contributed by atoms with Crippen molar-refractivity contribution in [2.45, 2.75) is 11.3 Å². The number of fused-ring (bicyclic) bond motifs is 4. The summed E-state index contributed by atoms with van der Waals surface area (Å²) < 4.78 is 30.0. The van der Waals surface area contributed by atoms with Crippen molar-refractivity contribution in [2.24, 2.45) is 7.05 Å². The Balaban J connectivity index is 1.39. The third-order valence-corrected chi connectivity index (χ3v) is 7.14. The highest BCUT2D eigenvalue weighted by Crippen LogP contribution is 2.38. The first kappa shape index (κ1) is 20.4. The van der Waals surface area contributed by atoms with E-state index in [0.717, 1.165) is 12.1 Å². The average Bonchev–Trinajstić information content (AvgIpc) is 3.43. The zero-order valence-electron chi connectivity index (χ0n) is 18.2. The number of hydrogen-bond acceptors (Lipinski definition) is 6. The van der Waals surface area contributed by atoms with Crippen LogP contribution in [0.25, 0.3) is 22.2 Å². The first-order valence-electron chi connectivity index (χ1n) is 10.7. The number of aromatic nitrogens is 4. The number of nitrogens with one attached hydrogen (secondary N) is 2. The summed E-state index contributed by atoms with van der Waals surface area (Å²) in [5, 5.41) is 7.24. The molecule has 34 heavy (non-hydrogen) atoms. The van der Waals surface area contributed by atoms with Crippen molar-refractivity contribution in [1.29, 1.82) is 0 Å². The fourth-order valence-electron chi connectivity index (χ4n) is 4.24. The van der Waals surface area contributed by atoms with Gasteiger partial charge in [-0.1, -0.05) is 42.5 Å². The average molecular weight is 469 g/mol. The predicted molar refractivity (Wildman–Crippen MR) is 132 cm³/mol. The van der Waals surface area contributed by atoms with E-state index in [0.29, 0.717) is 16.9 Å². The van der Waals surface area contributed by atoms with Gasteiger partial charge < -0.3 is 5.32 Å². The Bertz CT molecular complexity index is 1680. The zero-order chi connectivity index (χ0) is 23.3. The van der Waals surface area contributed by atoms with Gasteiger partial charge in [0, 0.05) is 18.9 Å². The topological polar surface area (TPSA) is 102 Å². The minimum absolute atomic E-state index is 0.0474. The van der Waals surface area contributed by atoms with Crippen LogP contribution in [-0.4, -0.2) is 28.2 Å². The minimum Gasteiger partial charge on any atom is -0.337 e. The third-order valence-electron chi connectivity index (χ3n) is 5.85. The number of hydrogen-bond donors (Lipinski definition) is 2. The molecular weight excluding hydrogens is 448 g/mol. The molecule has 0 saturated heterocycles. The van der Waals surface area contributed by atoms with E-state index < -0.39 is 10.0 Å². The van der Waals surface area contributed by atoms with Crippen molar-refractivity contribution in [1.82, 2.24) is 19.7 Å². The second-order valence-electron chi connectivity index (χ2n) is 8.20. The van der Waals surface area contributed by atoms with Crippen molar-refractivity contribution in [2.75, 3.05) is 10.0 Å². The summed E-state index contributed by atoms with van der Waals surface area (Å²) in [6.45, 7) is 0. The lowest BCUT2D eigenvalue weighted by Crippen LogP contribution is -2.15. The second-order valence-corrected chi connectivity index (χ2v) is 9.88. The number of sulfonamides is 1. The number of nitrogens with zero attached hydrogens (tertiary/aromatic N) is 4. The van der Waals surface area contributed by atoms with Crippen molar-refractivity contribution in [3.05, 3.63) is 90.3 Å². The van der Waals surface area contributed by atoms with Crippen molar-refractivity contribution in [3.63, 3.8) is 0 Å². The van der Waals surface area contributed by atoms with Gasteiger partial charge in [0.2, 0.25) is 0 Å². The van der Waals surface area contributed by atoms with E-state index in [1.54, 1.807) is 13.1 Å². The Morgan fingerprint density at radius 2 is 1.56 bits per heavy atom. The number of para-hydroxylation sites is 2. The van der Waals surface area contributed by atoms with Gasteiger partial charge in [0.1, 0.15) is 4.90 Å². The van der Waals surface area contributed by atoms with Crippen molar-refractivity contribution >= 4 is 38.4 Å². The molecule has 8 nitrogen and oxygen atoms in total. The highest BCUT2D eigenvalue weighted by molar-refractivity contribution is 7.92. The van der Waals surface area contributed by atoms with Gasteiger partial charge in [-0.05, 0) is 52.9 Å². The van der Waals surface area contributed by atoms with Gasteiger partial charge in [-0.15, -0.1) is 0 Å². The fourth-order valence-corrected chi connectivity index (χ4v) is 5.23. The van der Waals surface area contributed by atoms with E-state index in [2.05, 4.69) is 55.4 Å². The summed E-state index contributed by atoms with van der Waals surface area (Å²) in [4.78, 5) is 9.26. The summed E-state index contributed by atoms with van der Waals surface area (Å²) >= 11 is 0. The maximum atomic E-state index is 13.0. The number of aryl methyl sites for hydroxylation is 1. The van der Waals surface area contributed by atoms with Crippen LogP contribution in [0.15, 0.2) is 84.0 Å². The standard InChI is InChI=1S/C25H20N6O2S/c1-31-15-19(14-26-31)34(32,33)30-25-24(28-22-8-4-5-9-23(22)29-25)27-18-10-11-21-17(13-18)12-16-6-2-3-7-20(16)21/h2-11,13-15H,12H2,1H3,(H,27,28)(H,29,30). The largest absolute Gasteiger partial charge is 0.337 e. The number of rotatable bonds is 5. The zero-order valence-corrected chi connectivity index (χ0v) is 19.0. The Morgan fingerprint density at radius 1 is 0.853 bits per heavy atom. The van der Waals surface area contributed by atoms with Crippen LogP contribution in [-0.2, 0) is 23.5 Å². The van der Waals surface area contributed by atoms with Gasteiger partial charge in [0.15, 0.2) is 11.6 Å². The lowest BCUT2D eigenvalue weighted by molar-refractivity contribution is 0.601. The molecule has 0 unspecified atom stereocenters. The summed E-state index contributed by atoms with van der Waals surface area (Å²) in [5.41, 5.74) is 7.01. The van der Waals surface area contributed by atoms with E-state index in [-0.39, 0.29) is 10.7 Å². The van der Waals surface area contributed by atoms with Crippen LogP contribution >= 0.6 is 0 Å². The quantitative estimate of drug-likeness (QED) is 0.387. The second kappa shape index (κ2) is 7.67. The predicted octanol–water partition coefficient (Wildman–Crippen LogP) is 4.48. The monoisotopic (exact) mass is 468 g/mol.